The number of anilines is 1. The van der Waals surface area contributed by atoms with E-state index in [9.17, 15) is 9.59 Å². The van der Waals surface area contributed by atoms with E-state index in [1.807, 2.05) is 55.8 Å². The lowest BCUT2D eigenvalue weighted by Gasteiger charge is -2.15. The molecule has 0 aliphatic carbocycles. The molecular formula is C17H19N3O2. The molecule has 2 heterocycles. The number of hydrogen-bond donors (Lipinski definition) is 0. The van der Waals surface area contributed by atoms with Crippen molar-refractivity contribution >= 4 is 17.5 Å². The number of hydrogen-bond acceptors (Lipinski definition) is 3. The van der Waals surface area contributed by atoms with Gasteiger partial charge in [-0.2, -0.15) is 5.10 Å². The van der Waals surface area contributed by atoms with Crippen molar-refractivity contribution < 1.29 is 9.59 Å². The largest absolute Gasteiger partial charge is 0.274 e. The monoisotopic (exact) mass is 297 g/mol. The summed E-state index contributed by atoms with van der Waals surface area (Å²) < 4.78 is 1.81. The topological polar surface area (TPSA) is 55.2 Å². The van der Waals surface area contributed by atoms with Gasteiger partial charge in [0.1, 0.15) is 0 Å². The number of aromatic nitrogens is 2. The number of nitrogens with zero attached hydrogens (tertiary/aromatic N) is 3. The molecule has 1 aliphatic heterocycles. The Morgan fingerprint density at radius 2 is 1.82 bits per heavy atom. The first-order valence-corrected chi connectivity index (χ1v) is 7.40. The van der Waals surface area contributed by atoms with Gasteiger partial charge < -0.3 is 0 Å². The third-order valence-electron chi connectivity index (χ3n) is 4.03. The summed E-state index contributed by atoms with van der Waals surface area (Å²) in [6.07, 6.45) is 0.241. The molecule has 5 nitrogen and oxygen atoms in total. The molecule has 114 valence electrons. The lowest BCUT2D eigenvalue weighted by molar-refractivity contribution is -0.122. The minimum atomic E-state index is -0.341. The van der Waals surface area contributed by atoms with Crippen molar-refractivity contribution in [3.05, 3.63) is 47.3 Å². The molecule has 0 saturated carbocycles. The maximum Gasteiger partial charge on any atom is 0.239 e. The highest BCUT2D eigenvalue weighted by atomic mass is 16.2. The number of carbonyl (C=O) groups excluding carboxylic acids is 2. The molecule has 0 bridgehead atoms. The molecule has 0 spiro atoms. The van der Waals surface area contributed by atoms with Gasteiger partial charge in [0.2, 0.25) is 11.8 Å². The number of rotatable bonds is 3. The van der Waals surface area contributed by atoms with Gasteiger partial charge in [0.05, 0.1) is 23.8 Å². The Kier molecular flexibility index (Phi) is 3.56. The highest BCUT2D eigenvalue weighted by Crippen LogP contribution is 2.27. The summed E-state index contributed by atoms with van der Waals surface area (Å²) in [4.78, 5) is 26.1. The van der Waals surface area contributed by atoms with Crippen LogP contribution in [0.4, 0.5) is 5.69 Å². The highest BCUT2D eigenvalue weighted by molar-refractivity contribution is 6.20. The van der Waals surface area contributed by atoms with E-state index in [1.165, 1.54) is 4.90 Å². The van der Waals surface area contributed by atoms with Gasteiger partial charge in [-0.15, -0.1) is 0 Å². The van der Waals surface area contributed by atoms with Crippen LogP contribution in [0.3, 0.4) is 0 Å². The van der Waals surface area contributed by atoms with Gasteiger partial charge in [-0.25, -0.2) is 0 Å². The number of aryl methyl sites for hydroxylation is 3. The second kappa shape index (κ2) is 5.40. The Labute approximate surface area is 129 Å². The first-order valence-electron chi connectivity index (χ1n) is 7.40. The standard InChI is InChI=1S/C17H19N3O2/c1-11-4-6-15(7-5-11)20-16(21)9-14(17(20)22)10-19-13(3)8-12(2)18-19/h4-8,14H,9-10H2,1-3H3/t14-/m1/s1. The Bertz CT molecular complexity index is 731. The average Bonchev–Trinajstić information content (AvgIpc) is 2.92. The average molecular weight is 297 g/mol. The lowest BCUT2D eigenvalue weighted by atomic mass is 10.1. The van der Waals surface area contributed by atoms with Crippen molar-refractivity contribution in [1.82, 2.24) is 9.78 Å². The minimum absolute atomic E-state index is 0.138. The van der Waals surface area contributed by atoms with Crippen LogP contribution >= 0.6 is 0 Å². The van der Waals surface area contributed by atoms with Gasteiger partial charge in [0.15, 0.2) is 0 Å². The number of carbonyl (C=O) groups is 2. The van der Waals surface area contributed by atoms with E-state index in [1.54, 1.807) is 0 Å². The Hall–Kier alpha value is -2.43. The number of amides is 2. The Balaban J connectivity index is 1.82. The van der Waals surface area contributed by atoms with Crippen molar-refractivity contribution in [2.45, 2.75) is 33.7 Å². The van der Waals surface area contributed by atoms with Gasteiger partial charge in [0.25, 0.3) is 0 Å². The second-order valence-corrected chi connectivity index (χ2v) is 5.91. The first-order chi connectivity index (χ1) is 10.5. The zero-order chi connectivity index (χ0) is 15.9. The van der Waals surface area contributed by atoms with Crippen LogP contribution in [0.15, 0.2) is 30.3 Å². The first kappa shape index (κ1) is 14.5. The fourth-order valence-electron chi connectivity index (χ4n) is 2.87. The van der Waals surface area contributed by atoms with Gasteiger partial charge in [-0.1, -0.05) is 17.7 Å². The fourth-order valence-corrected chi connectivity index (χ4v) is 2.87. The highest BCUT2D eigenvalue weighted by Gasteiger charge is 2.39. The maximum atomic E-state index is 12.6. The van der Waals surface area contributed by atoms with Crippen LogP contribution in [0.2, 0.25) is 0 Å². The van der Waals surface area contributed by atoms with Crippen LogP contribution in [0, 0.1) is 26.7 Å². The van der Waals surface area contributed by atoms with E-state index in [0.717, 1.165) is 17.0 Å². The third-order valence-corrected chi connectivity index (χ3v) is 4.03. The predicted octanol–water partition coefficient (Wildman–Crippen LogP) is 2.39. The van der Waals surface area contributed by atoms with E-state index in [2.05, 4.69) is 5.10 Å². The zero-order valence-electron chi connectivity index (χ0n) is 13.0. The second-order valence-electron chi connectivity index (χ2n) is 5.91. The van der Waals surface area contributed by atoms with Crippen molar-refractivity contribution in [1.29, 1.82) is 0 Å². The van der Waals surface area contributed by atoms with Crippen LogP contribution < -0.4 is 4.90 Å². The molecule has 5 heteroatoms. The molecule has 2 aromatic rings. The van der Waals surface area contributed by atoms with E-state index < -0.39 is 0 Å². The predicted molar refractivity (Wildman–Crippen MR) is 83.5 cm³/mol. The maximum absolute atomic E-state index is 12.6. The molecule has 0 N–H and O–H groups in total. The summed E-state index contributed by atoms with van der Waals surface area (Å²) in [5.74, 6) is -0.617. The van der Waals surface area contributed by atoms with E-state index in [0.29, 0.717) is 12.2 Å². The SMILES string of the molecule is Cc1ccc(N2C(=O)C[C@H](Cn3nc(C)cc3C)C2=O)cc1. The molecule has 22 heavy (non-hydrogen) atoms. The van der Waals surface area contributed by atoms with Crippen LogP contribution in [-0.4, -0.2) is 21.6 Å². The normalized spacial score (nSPS) is 18.3. The van der Waals surface area contributed by atoms with E-state index in [4.69, 9.17) is 0 Å². The minimum Gasteiger partial charge on any atom is -0.274 e. The smallest absolute Gasteiger partial charge is 0.239 e. The van der Waals surface area contributed by atoms with Crippen molar-refractivity contribution in [2.24, 2.45) is 5.92 Å². The van der Waals surface area contributed by atoms with Gasteiger partial charge in [0, 0.05) is 12.1 Å². The molecule has 1 fully saturated rings. The molecule has 1 saturated heterocycles. The summed E-state index contributed by atoms with van der Waals surface area (Å²) in [5.41, 5.74) is 3.68. The molecule has 2 amide bonds. The molecule has 3 rings (SSSR count). The quantitative estimate of drug-likeness (QED) is 0.817. The molecular weight excluding hydrogens is 278 g/mol. The molecule has 1 aromatic carbocycles. The van der Waals surface area contributed by atoms with Crippen molar-refractivity contribution in [3.8, 4) is 0 Å². The van der Waals surface area contributed by atoms with E-state index >= 15 is 0 Å². The Morgan fingerprint density at radius 1 is 1.14 bits per heavy atom. The lowest BCUT2D eigenvalue weighted by Crippen LogP contribution is -2.31. The number of imide groups is 1. The van der Waals surface area contributed by atoms with E-state index in [-0.39, 0.29) is 24.2 Å². The van der Waals surface area contributed by atoms with Crippen LogP contribution in [-0.2, 0) is 16.1 Å². The summed E-state index contributed by atoms with van der Waals surface area (Å²) in [6.45, 7) is 6.30. The van der Waals surface area contributed by atoms with Crippen LogP contribution in [0.25, 0.3) is 0 Å². The summed E-state index contributed by atoms with van der Waals surface area (Å²) in [5, 5.41) is 4.38. The summed E-state index contributed by atoms with van der Waals surface area (Å²) in [6, 6.07) is 9.42. The van der Waals surface area contributed by atoms with Crippen molar-refractivity contribution in [2.75, 3.05) is 4.90 Å². The molecule has 0 unspecified atom stereocenters. The van der Waals surface area contributed by atoms with Crippen LogP contribution in [0.5, 0.6) is 0 Å². The molecule has 1 aliphatic rings. The summed E-state index contributed by atoms with van der Waals surface area (Å²) in [7, 11) is 0. The fraction of sp³-hybridized carbons (Fsp3) is 0.353. The molecule has 1 atom stereocenters. The van der Waals surface area contributed by atoms with Gasteiger partial charge in [-0.3, -0.25) is 19.2 Å². The van der Waals surface area contributed by atoms with Crippen molar-refractivity contribution in [3.63, 3.8) is 0 Å². The number of benzene rings is 1. The van der Waals surface area contributed by atoms with Crippen LogP contribution in [0.1, 0.15) is 23.4 Å². The molecule has 1 aromatic heterocycles. The van der Waals surface area contributed by atoms with Gasteiger partial charge >= 0.3 is 0 Å². The zero-order valence-corrected chi connectivity index (χ0v) is 13.0. The summed E-state index contributed by atoms with van der Waals surface area (Å²) >= 11 is 0. The third kappa shape index (κ3) is 2.54. The molecule has 0 radical (unpaired) electrons. The van der Waals surface area contributed by atoms with Gasteiger partial charge in [-0.05, 0) is 39.0 Å². The Morgan fingerprint density at radius 3 is 2.41 bits per heavy atom.